The van der Waals surface area contributed by atoms with Gasteiger partial charge in [0.2, 0.25) is 0 Å². The highest BCUT2D eigenvalue weighted by Crippen LogP contribution is 2.45. The SMILES string of the molecule is CCCCCCCCCCCCC(=O)OC[C@H](COP(=O)(O)OC[C@H](O)COP(=O)(O)OC[C@@H](COC(=O)CCCCCCCCCC)OC(=O)CCCCCCCCCC)OC(=O)CCCCCCCCC. The van der Waals surface area contributed by atoms with Gasteiger partial charge in [-0.05, 0) is 25.7 Å². The smallest absolute Gasteiger partial charge is 0.462 e. The predicted molar refractivity (Wildman–Crippen MR) is 285 cm³/mol. The standard InChI is InChI=1S/C54H104O17P2/c1-5-9-13-17-21-24-25-29-31-35-39-52(57)65-44-49(70-53(58)40-36-32-26-20-16-12-8-4)46-68-72(60,61)66-42-48(55)43-67-73(62,63)69-47-50(71-54(59)41-37-33-28-23-19-15-11-7-3)45-64-51(56)38-34-30-27-22-18-14-10-6-2/h48-50,55H,5-47H2,1-4H3,(H,60,61)(H,62,63)/t48-,49+,50+/m0/s1. The molecule has 0 fully saturated rings. The van der Waals surface area contributed by atoms with Crippen molar-refractivity contribution in [3.63, 3.8) is 0 Å². The monoisotopic (exact) mass is 1090 g/mol. The Kier molecular flexibility index (Phi) is 48.3. The Morgan fingerprint density at radius 3 is 0.808 bits per heavy atom. The zero-order valence-corrected chi connectivity index (χ0v) is 47.9. The highest BCUT2D eigenvalue weighted by molar-refractivity contribution is 7.47. The van der Waals surface area contributed by atoms with Crippen LogP contribution in [0.2, 0.25) is 0 Å². The van der Waals surface area contributed by atoms with Crippen LogP contribution in [0.4, 0.5) is 0 Å². The predicted octanol–water partition coefficient (Wildman–Crippen LogP) is 14.0. The first-order chi connectivity index (χ1) is 35.2. The van der Waals surface area contributed by atoms with Crippen LogP contribution in [0.3, 0.4) is 0 Å². The maximum Gasteiger partial charge on any atom is 0.472 e. The fourth-order valence-electron chi connectivity index (χ4n) is 7.87. The third-order valence-corrected chi connectivity index (χ3v) is 14.3. The van der Waals surface area contributed by atoms with Gasteiger partial charge in [-0.15, -0.1) is 0 Å². The van der Waals surface area contributed by atoms with Crippen LogP contribution in [0.1, 0.15) is 265 Å². The van der Waals surface area contributed by atoms with E-state index in [1.165, 1.54) is 70.6 Å². The molecule has 0 aliphatic carbocycles. The summed E-state index contributed by atoms with van der Waals surface area (Å²) < 4.78 is 67.3. The zero-order valence-electron chi connectivity index (χ0n) is 46.1. The summed E-state index contributed by atoms with van der Waals surface area (Å²) in [5.74, 6) is -2.16. The van der Waals surface area contributed by atoms with Crippen molar-refractivity contribution >= 4 is 39.5 Å². The van der Waals surface area contributed by atoms with Crippen molar-refractivity contribution in [2.75, 3.05) is 39.6 Å². The van der Waals surface area contributed by atoms with Gasteiger partial charge in [-0.1, -0.05) is 214 Å². The fraction of sp³-hybridized carbons (Fsp3) is 0.926. The Balaban J connectivity index is 5.17. The minimum absolute atomic E-state index is 0.104. The lowest BCUT2D eigenvalue weighted by molar-refractivity contribution is -0.161. The molecule has 0 amide bonds. The summed E-state index contributed by atoms with van der Waals surface area (Å²) >= 11 is 0. The molecule has 0 aliphatic rings. The van der Waals surface area contributed by atoms with Crippen molar-refractivity contribution < 1.29 is 80.2 Å². The van der Waals surface area contributed by atoms with Crippen LogP contribution in [0, 0.1) is 0 Å². The zero-order chi connectivity index (χ0) is 54.1. The van der Waals surface area contributed by atoms with Crippen LogP contribution >= 0.6 is 15.6 Å². The van der Waals surface area contributed by atoms with Crippen molar-refractivity contribution in [2.45, 2.75) is 284 Å². The highest BCUT2D eigenvalue weighted by Gasteiger charge is 2.30. The van der Waals surface area contributed by atoms with Crippen LogP contribution in [-0.2, 0) is 65.4 Å². The molecule has 0 aliphatic heterocycles. The largest absolute Gasteiger partial charge is 0.472 e. The summed E-state index contributed by atoms with van der Waals surface area (Å²) in [6.07, 6.45) is 30.9. The van der Waals surface area contributed by atoms with Gasteiger partial charge in [0.05, 0.1) is 26.4 Å². The topological polar surface area (TPSA) is 237 Å². The maximum absolute atomic E-state index is 12.8. The molecule has 0 aromatic carbocycles. The van der Waals surface area contributed by atoms with Gasteiger partial charge in [0.15, 0.2) is 12.2 Å². The molecule has 0 spiro atoms. The summed E-state index contributed by atoms with van der Waals surface area (Å²) in [4.78, 5) is 71.4. The summed E-state index contributed by atoms with van der Waals surface area (Å²) in [5.41, 5.74) is 0. The molecule has 0 aromatic rings. The van der Waals surface area contributed by atoms with Gasteiger partial charge < -0.3 is 33.8 Å². The van der Waals surface area contributed by atoms with E-state index in [1.54, 1.807) is 0 Å². The van der Waals surface area contributed by atoms with E-state index in [0.29, 0.717) is 25.7 Å². The normalized spacial score (nSPS) is 14.5. The Morgan fingerprint density at radius 2 is 0.548 bits per heavy atom. The summed E-state index contributed by atoms with van der Waals surface area (Å²) in [6, 6.07) is 0. The molecule has 0 saturated heterocycles. The van der Waals surface area contributed by atoms with Gasteiger partial charge >= 0.3 is 39.5 Å². The van der Waals surface area contributed by atoms with Gasteiger partial charge in [0, 0.05) is 25.7 Å². The number of hydrogen-bond acceptors (Lipinski definition) is 15. The Morgan fingerprint density at radius 1 is 0.329 bits per heavy atom. The van der Waals surface area contributed by atoms with E-state index in [-0.39, 0.29) is 25.7 Å². The second kappa shape index (κ2) is 49.6. The number of unbranched alkanes of at least 4 members (excludes halogenated alkanes) is 29. The quantitative estimate of drug-likeness (QED) is 0.0222. The Labute approximate surface area is 441 Å². The van der Waals surface area contributed by atoms with Crippen molar-refractivity contribution in [3.05, 3.63) is 0 Å². The molecule has 17 nitrogen and oxygen atoms in total. The molecule has 0 radical (unpaired) electrons. The number of hydrogen-bond donors (Lipinski definition) is 3. The molecule has 3 N–H and O–H groups in total. The molecule has 0 bridgehead atoms. The number of phosphoric acid groups is 2. The highest BCUT2D eigenvalue weighted by atomic mass is 31.2. The molecular weight excluding hydrogens is 983 g/mol. The molecule has 5 atom stereocenters. The number of rotatable bonds is 55. The lowest BCUT2D eigenvalue weighted by Gasteiger charge is -2.21. The number of carbonyl (C=O) groups excluding carboxylic acids is 4. The average molecular weight is 1090 g/mol. The first kappa shape index (κ1) is 71.1. The van der Waals surface area contributed by atoms with Crippen LogP contribution in [0.25, 0.3) is 0 Å². The number of carbonyl (C=O) groups is 4. The minimum Gasteiger partial charge on any atom is -0.462 e. The van der Waals surface area contributed by atoms with E-state index < -0.39 is 97.5 Å². The summed E-state index contributed by atoms with van der Waals surface area (Å²) in [6.45, 7) is 4.71. The van der Waals surface area contributed by atoms with Crippen LogP contribution < -0.4 is 0 Å². The van der Waals surface area contributed by atoms with Gasteiger partial charge in [-0.2, -0.15) is 0 Å². The van der Waals surface area contributed by atoms with Crippen molar-refractivity contribution in [3.8, 4) is 0 Å². The fourth-order valence-corrected chi connectivity index (χ4v) is 9.44. The molecule has 19 heteroatoms. The van der Waals surface area contributed by atoms with E-state index >= 15 is 0 Å². The first-order valence-electron chi connectivity index (χ1n) is 28.8. The van der Waals surface area contributed by atoms with Gasteiger partial charge in [-0.3, -0.25) is 37.3 Å². The van der Waals surface area contributed by atoms with Gasteiger partial charge in [0.1, 0.15) is 19.3 Å². The molecule has 0 saturated carbocycles. The second-order valence-corrected chi connectivity index (χ2v) is 22.5. The summed E-state index contributed by atoms with van der Waals surface area (Å²) in [5, 5.41) is 10.4. The van der Waals surface area contributed by atoms with Gasteiger partial charge in [0.25, 0.3) is 0 Å². The number of phosphoric ester groups is 2. The molecule has 0 aromatic heterocycles. The van der Waals surface area contributed by atoms with Gasteiger partial charge in [-0.25, -0.2) is 9.13 Å². The number of ether oxygens (including phenoxy) is 4. The van der Waals surface area contributed by atoms with E-state index in [2.05, 4.69) is 27.7 Å². The lowest BCUT2D eigenvalue weighted by atomic mass is 10.1. The third kappa shape index (κ3) is 49.4. The number of esters is 4. The van der Waals surface area contributed by atoms with E-state index in [1.807, 2.05) is 0 Å². The molecule has 0 rings (SSSR count). The average Bonchev–Trinajstić information content (AvgIpc) is 3.36. The van der Waals surface area contributed by atoms with E-state index in [0.717, 1.165) is 116 Å². The molecule has 0 heterocycles. The minimum atomic E-state index is -4.93. The van der Waals surface area contributed by atoms with Crippen LogP contribution in [0.15, 0.2) is 0 Å². The molecule has 73 heavy (non-hydrogen) atoms. The van der Waals surface area contributed by atoms with E-state index in [4.69, 9.17) is 37.0 Å². The number of aliphatic hydroxyl groups is 1. The molecule has 2 unspecified atom stereocenters. The van der Waals surface area contributed by atoms with Crippen molar-refractivity contribution in [1.82, 2.24) is 0 Å². The first-order valence-corrected chi connectivity index (χ1v) is 31.8. The van der Waals surface area contributed by atoms with E-state index in [9.17, 15) is 43.2 Å². The second-order valence-electron chi connectivity index (χ2n) is 19.6. The van der Waals surface area contributed by atoms with Crippen molar-refractivity contribution in [1.29, 1.82) is 0 Å². The molecule has 432 valence electrons. The summed E-state index contributed by atoms with van der Waals surface area (Å²) in [7, 11) is -9.85. The third-order valence-electron chi connectivity index (χ3n) is 12.4. The maximum atomic E-state index is 12.8. The Hall–Kier alpha value is -1.94. The lowest BCUT2D eigenvalue weighted by Crippen LogP contribution is -2.30. The molecular formula is C54H104O17P2. The van der Waals surface area contributed by atoms with Crippen LogP contribution in [-0.4, -0.2) is 96.7 Å². The van der Waals surface area contributed by atoms with Crippen LogP contribution in [0.5, 0.6) is 0 Å². The number of aliphatic hydroxyl groups excluding tert-OH is 1. The Bertz CT molecular complexity index is 1440. The van der Waals surface area contributed by atoms with Crippen molar-refractivity contribution in [2.24, 2.45) is 0 Å².